The van der Waals surface area contributed by atoms with Crippen LogP contribution in [0.4, 0.5) is 4.79 Å². The van der Waals surface area contributed by atoms with E-state index < -0.39 is 0 Å². The van der Waals surface area contributed by atoms with Gasteiger partial charge >= 0.3 is 12.0 Å². The average molecular weight is 405 g/mol. The number of H-pyrrole nitrogens is 1. The van der Waals surface area contributed by atoms with E-state index in [4.69, 9.17) is 11.6 Å². The summed E-state index contributed by atoms with van der Waals surface area (Å²) in [6.07, 6.45) is 5.27. The number of halogens is 1. The highest BCUT2D eigenvalue weighted by Crippen LogP contribution is 2.33. The van der Waals surface area contributed by atoms with Gasteiger partial charge in [-0.2, -0.15) is 0 Å². The molecule has 150 valence electrons. The summed E-state index contributed by atoms with van der Waals surface area (Å²) in [7, 11) is 1.39. The number of urea groups is 1. The summed E-state index contributed by atoms with van der Waals surface area (Å²) in [5.74, 6) is -0.196. The Morgan fingerprint density at radius 3 is 2.82 bits per heavy atom. The van der Waals surface area contributed by atoms with Gasteiger partial charge in [-0.25, -0.2) is 9.78 Å². The molecule has 2 heterocycles. The quantitative estimate of drug-likeness (QED) is 0.546. The van der Waals surface area contributed by atoms with Gasteiger partial charge in [0.05, 0.1) is 19.1 Å². The van der Waals surface area contributed by atoms with Crippen LogP contribution in [0.25, 0.3) is 0 Å². The van der Waals surface area contributed by atoms with Crippen LogP contribution < -0.4 is 5.32 Å². The fourth-order valence-corrected chi connectivity index (χ4v) is 3.57. The fraction of sp³-hybridized carbons (Fsp3) is 0.450. The molecule has 28 heavy (non-hydrogen) atoms. The molecule has 0 fully saturated rings. The van der Waals surface area contributed by atoms with Crippen LogP contribution in [0.15, 0.2) is 30.6 Å². The molecule has 1 aromatic heterocycles. The second-order valence-electron chi connectivity index (χ2n) is 6.78. The van der Waals surface area contributed by atoms with Crippen LogP contribution in [0, 0.1) is 0 Å². The Balaban J connectivity index is 1.60. The second-order valence-corrected chi connectivity index (χ2v) is 7.22. The van der Waals surface area contributed by atoms with Crippen LogP contribution in [0.5, 0.6) is 0 Å². The average Bonchev–Trinajstić information content (AvgIpc) is 3.19. The van der Waals surface area contributed by atoms with E-state index in [0.29, 0.717) is 24.5 Å². The molecule has 1 unspecified atom stereocenters. The molecule has 1 aromatic carbocycles. The van der Waals surface area contributed by atoms with E-state index in [9.17, 15) is 9.59 Å². The number of esters is 1. The molecular formula is C20H25ClN4O3. The standard InChI is InChI=1S/C20H25ClN4O3/c1-28-17(26)5-3-2-4-11-22-20(27)25-12-10-16-18(24-13-23-16)19(25)14-6-8-15(21)9-7-14/h6-9,13,19H,2-5,10-12H2,1H3,(H,22,27)(H,23,24). The predicted octanol–water partition coefficient (Wildman–Crippen LogP) is 3.45. The number of unbranched alkanes of at least 4 members (excludes halogenated alkanes) is 2. The fourth-order valence-electron chi connectivity index (χ4n) is 3.45. The highest BCUT2D eigenvalue weighted by molar-refractivity contribution is 6.30. The van der Waals surface area contributed by atoms with Gasteiger partial charge in [-0.15, -0.1) is 0 Å². The lowest BCUT2D eigenvalue weighted by molar-refractivity contribution is -0.140. The van der Waals surface area contributed by atoms with Crippen molar-refractivity contribution in [2.75, 3.05) is 20.2 Å². The van der Waals surface area contributed by atoms with Crippen molar-refractivity contribution in [3.05, 3.63) is 52.6 Å². The van der Waals surface area contributed by atoms with Gasteiger partial charge in [-0.3, -0.25) is 4.79 Å². The molecule has 0 saturated carbocycles. The Labute approximate surface area is 169 Å². The molecule has 2 N–H and O–H groups in total. The number of aromatic amines is 1. The monoisotopic (exact) mass is 404 g/mol. The number of nitrogens with one attached hydrogen (secondary N) is 2. The van der Waals surface area contributed by atoms with Crippen LogP contribution in [0.1, 0.15) is 48.7 Å². The number of carbonyl (C=O) groups excluding carboxylic acids is 2. The number of hydrogen-bond acceptors (Lipinski definition) is 4. The van der Waals surface area contributed by atoms with Gasteiger partial charge in [0.25, 0.3) is 0 Å². The zero-order chi connectivity index (χ0) is 19.9. The Hall–Kier alpha value is -2.54. The molecule has 2 amide bonds. The van der Waals surface area contributed by atoms with E-state index in [2.05, 4.69) is 20.0 Å². The minimum absolute atomic E-state index is 0.110. The summed E-state index contributed by atoms with van der Waals surface area (Å²) in [5, 5.41) is 3.65. The Bertz CT molecular complexity index is 806. The summed E-state index contributed by atoms with van der Waals surface area (Å²) in [6.45, 7) is 1.17. The number of nitrogens with zero attached hydrogens (tertiary/aromatic N) is 2. The number of carbonyl (C=O) groups is 2. The first-order chi connectivity index (χ1) is 13.6. The van der Waals surface area contributed by atoms with Crippen LogP contribution >= 0.6 is 11.6 Å². The maximum absolute atomic E-state index is 12.8. The van der Waals surface area contributed by atoms with E-state index in [-0.39, 0.29) is 18.0 Å². The molecule has 0 aliphatic carbocycles. The summed E-state index contributed by atoms with van der Waals surface area (Å²) in [6, 6.07) is 7.17. The number of hydrogen-bond donors (Lipinski definition) is 2. The maximum atomic E-state index is 12.8. The van der Waals surface area contributed by atoms with Gasteiger partial charge in [-0.1, -0.05) is 30.2 Å². The molecule has 0 saturated heterocycles. The number of fused-ring (bicyclic) bond motifs is 1. The third-order valence-electron chi connectivity index (χ3n) is 4.93. The highest BCUT2D eigenvalue weighted by atomic mass is 35.5. The second kappa shape index (κ2) is 9.59. The Morgan fingerprint density at radius 2 is 2.07 bits per heavy atom. The third kappa shape index (κ3) is 4.84. The molecule has 7 nitrogen and oxygen atoms in total. The van der Waals surface area contributed by atoms with Gasteiger partial charge in [0.1, 0.15) is 6.04 Å². The van der Waals surface area contributed by atoms with E-state index in [1.165, 1.54) is 7.11 Å². The number of amides is 2. The molecule has 1 atom stereocenters. The lowest BCUT2D eigenvalue weighted by Crippen LogP contribution is -2.46. The van der Waals surface area contributed by atoms with Gasteiger partial charge in [0.2, 0.25) is 0 Å². The third-order valence-corrected chi connectivity index (χ3v) is 5.19. The summed E-state index contributed by atoms with van der Waals surface area (Å²) >= 11 is 6.02. The molecule has 1 aliphatic heterocycles. The Kier molecular flexibility index (Phi) is 6.92. The van der Waals surface area contributed by atoms with E-state index in [1.807, 2.05) is 29.2 Å². The van der Waals surface area contributed by atoms with Crippen molar-refractivity contribution in [1.29, 1.82) is 0 Å². The molecule has 3 rings (SSSR count). The van der Waals surface area contributed by atoms with E-state index >= 15 is 0 Å². The SMILES string of the molecule is COC(=O)CCCCCNC(=O)N1CCc2[nH]cnc2C1c1ccc(Cl)cc1. The van der Waals surface area contributed by atoms with Crippen molar-refractivity contribution in [2.24, 2.45) is 0 Å². The zero-order valence-corrected chi connectivity index (χ0v) is 16.7. The van der Waals surface area contributed by atoms with Crippen molar-refractivity contribution < 1.29 is 14.3 Å². The molecule has 1 aliphatic rings. The first-order valence-corrected chi connectivity index (χ1v) is 9.87. The topological polar surface area (TPSA) is 87.3 Å². The number of imidazole rings is 1. The number of rotatable bonds is 7. The van der Waals surface area contributed by atoms with Crippen LogP contribution in [-0.4, -0.2) is 47.1 Å². The maximum Gasteiger partial charge on any atom is 0.318 e. The lowest BCUT2D eigenvalue weighted by Gasteiger charge is -2.35. The molecule has 0 spiro atoms. The van der Waals surface area contributed by atoms with Gasteiger partial charge in [-0.05, 0) is 30.5 Å². The molecule has 8 heteroatoms. The molecule has 0 radical (unpaired) electrons. The smallest absolute Gasteiger partial charge is 0.318 e. The van der Waals surface area contributed by atoms with Crippen molar-refractivity contribution >= 4 is 23.6 Å². The van der Waals surface area contributed by atoms with Crippen molar-refractivity contribution in [3.63, 3.8) is 0 Å². The van der Waals surface area contributed by atoms with Gasteiger partial charge in [0, 0.05) is 36.6 Å². The van der Waals surface area contributed by atoms with E-state index in [1.54, 1.807) is 6.33 Å². The first-order valence-electron chi connectivity index (χ1n) is 9.49. The van der Waals surface area contributed by atoms with Crippen molar-refractivity contribution in [1.82, 2.24) is 20.2 Å². The summed E-state index contributed by atoms with van der Waals surface area (Å²) in [4.78, 5) is 33.4. The minimum atomic E-state index is -0.244. The van der Waals surface area contributed by atoms with Crippen LogP contribution in [-0.2, 0) is 16.0 Å². The van der Waals surface area contributed by atoms with Crippen LogP contribution in [0.3, 0.4) is 0 Å². The molecule has 2 aromatic rings. The first kappa shape index (κ1) is 20.2. The Morgan fingerprint density at radius 1 is 1.29 bits per heavy atom. The van der Waals surface area contributed by atoms with Gasteiger partial charge < -0.3 is 19.9 Å². The normalized spacial score (nSPS) is 15.8. The predicted molar refractivity (Wildman–Crippen MR) is 106 cm³/mol. The van der Waals surface area contributed by atoms with Crippen molar-refractivity contribution in [3.8, 4) is 0 Å². The highest BCUT2D eigenvalue weighted by Gasteiger charge is 2.33. The number of benzene rings is 1. The van der Waals surface area contributed by atoms with E-state index in [0.717, 1.165) is 42.6 Å². The lowest BCUT2D eigenvalue weighted by atomic mass is 9.96. The minimum Gasteiger partial charge on any atom is -0.469 e. The number of ether oxygens (including phenoxy) is 1. The molecular weight excluding hydrogens is 380 g/mol. The number of aromatic nitrogens is 2. The largest absolute Gasteiger partial charge is 0.469 e. The zero-order valence-electron chi connectivity index (χ0n) is 15.9. The summed E-state index contributed by atoms with van der Waals surface area (Å²) in [5.41, 5.74) is 2.92. The van der Waals surface area contributed by atoms with Crippen LogP contribution in [0.2, 0.25) is 5.02 Å². The van der Waals surface area contributed by atoms with Gasteiger partial charge in [0.15, 0.2) is 0 Å². The summed E-state index contributed by atoms with van der Waals surface area (Å²) < 4.78 is 4.63. The number of methoxy groups -OCH3 is 1. The molecule has 0 bridgehead atoms. The van der Waals surface area contributed by atoms with Crippen molar-refractivity contribution in [2.45, 2.75) is 38.1 Å².